The number of ether oxygens (including phenoxy) is 3. The fourth-order valence-corrected chi connectivity index (χ4v) is 5.66. The van der Waals surface area contributed by atoms with Gasteiger partial charge in [0, 0.05) is 13.3 Å². The second kappa shape index (κ2) is 11.6. The summed E-state index contributed by atoms with van der Waals surface area (Å²) < 4.78 is 21.0. The first kappa shape index (κ1) is 27.3. The second-order valence-electron chi connectivity index (χ2n) is 10.1. The molecule has 2 N–H and O–H groups in total. The first-order valence-corrected chi connectivity index (χ1v) is 13.8. The van der Waals surface area contributed by atoms with Crippen LogP contribution in [-0.2, 0) is 24.6 Å². The minimum atomic E-state index is -0.912. The van der Waals surface area contributed by atoms with Gasteiger partial charge in [-0.25, -0.2) is 9.97 Å². The van der Waals surface area contributed by atoms with E-state index in [1.807, 2.05) is 54.6 Å². The Morgan fingerprint density at radius 3 is 2.10 bits per heavy atom. The van der Waals surface area contributed by atoms with Crippen LogP contribution in [0.5, 0.6) is 0 Å². The largest absolute Gasteiger partial charge is 0.458 e. The number of rotatable bonds is 9. The lowest BCUT2D eigenvalue weighted by Gasteiger charge is -2.36. The van der Waals surface area contributed by atoms with Crippen LogP contribution in [0.3, 0.4) is 0 Å². The molecule has 0 unspecified atom stereocenters. The molecule has 2 aromatic heterocycles. The van der Waals surface area contributed by atoms with Crippen molar-refractivity contribution in [2.75, 3.05) is 12.3 Å². The molecule has 1 saturated heterocycles. The van der Waals surface area contributed by atoms with E-state index in [0.717, 1.165) is 16.7 Å². The van der Waals surface area contributed by atoms with Gasteiger partial charge < -0.3 is 19.9 Å². The minimum absolute atomic E-state index is 0.0828. The first-order valence-electron chi connectivity index (χ1n) is 13.8. The summed E-state index contributed by atoms with van der Waals surface area (Å²) in [5, 5.41) is 0. The number of nitrogens with zero attached hydrogens (tertiary/aromatic N) is 4. The predicted molar refractivity (Wildman–Crippen MR) is 159 cm³/mol. The monoisotopic (exact) mass is 561 g/mol. The Kier molecular flexibility index (Phi) is 7.52. The van der Waals surface area contributed by atoms with E-state index in [4.69, 9.17) is 19.9 Å². The lowest BCUT2D eigenvalue weighted by atomic mass is 9.80. The van der Waals surface area contributed by atoms with Gasteiger partial charge in [-0.05, 0) is 22.8 Å². The molecule has 0 bridgehead atoms. The summed E-state index contributed by atoms with van der Waals surface area (Å²) in [5.41, 5.74) is 9.52. The second-order valence-corrected chi connectivity index (χ2v) is 10.1. The van der Waals surface area contributed by atoms with Crippen LogP contribution >= 0.6 is 0 Å². The number of nitrogens with two attached hydrogens (primary N) is 1. The Balaban J connectivity index is 1.37. The third-order valence-corrected chi connectivity index (χ3v) is 7.42. The SMILES string of the molecule is C=Cc1nc(N)nc2c1ncn2[C@@H]1O[C@H](COC(c2ccccc2)(c2ccccc2)c2ccccc2)C[C@H]1OC(C)=O. The standard InChI is InChI=1S/C33H31N5O4/c1-3-27-29-30(37-32(34)36-27)38(21-35-29)31-28(41-22(2)39)19-26(42-31)20-40-33(23-13-7-4-8-14-23,24-15-9-5-10-16-24)25-17-11-6-12-18-25/h3-18,21,26,28,31H,1,19-20H2,2H3,(H2,34,36,37)/t26-,28+,31+/m0/s1. The Hall–Kier alpha value is -4.86. The highest BCUT2D eigenvalue weighted by Crippen LogP contribution is 2.42. The molecule has 0 radical (unpaired) electrons. The number of nitrogen functional groups attached to an aromatic ring is 1. The normalized spacial score (nSPS) is 18.6. The molecule has 6 rings (SSSR count). The van der Waals surface area contributed by atoms with Gasteiger partial charge in [-0.3, -0.25) is 9.36 Å². The maximum Gasteiger partial charge on any atom is 0.303 e. The lowest BCUT2D eigenvalue weighted by molar-refractivity contribution is -0.152. The molecular formula is C33H31N5O4. The number of aromatic nitrogens is 4. The Morgan fingerprint density at radius 1 is 1.00 bits per heavy atom. The molecule has 0 amide bonds. The number of carbonyl (C=O) groups is 1. The lowest BCUT2D eigenvalue weighted by Crippen LogP contribution is -2.35. The van der Waals surface area contributed by atoms with Gasteiger partial charge in [-0.15, -0.1) is 0 Å². The van der Waals surface area contributed by atoms with Gasteiger partial charge >= 0.3 is 5.97 Å². The van der Waals surface area contributed by atoms with E-state index < -0.39 is 30.0 Å². The molecule has 0 aliphatic carbocycles. The average molecular weight is 562 g/mol. The zero-order valence-corrected chi connectivity index (χ0v) is 23.2. The van der Waals surface area contributed by atoms with Crippen LogP contribution in [0.25, 0.3) is 17.2 Å². The van der Waals surface area contributed by atoms with E-state index in [-0.39, 0.29) is 12.6 Å². The highest BCUT2D eigenvalue weighted by molar-refractivity contribution is 5.80. The molecule has 1 aliphatic heterocycles. The van der Waals surface area contributed by atoms with Crippen molar-refractivity contribution in [3.63, 3.8) is 0 Å². The average Bonchev–Trinajstić information content (AvgIpc) is 3.62. The van der Waals surface area contributed by atoms with E-state index in [0.29, 0.717) is 23.3 Å². The molecule has 9 nitrogen and oxygen atoms in total. The molecule has 1 aliphatic rings. The van der Waals surface area contributed by atoms with Crippen LogP contribution < -0.4 is 5.73 Å². The fourth-order valence-electron chi connectivity index (χ4n) is 5.66. The van der Waals surface area contributed by atoms with Gasteiger partial charge in [0.2, 0.25) is 5.95 Å². The van der Waals surface area contributed by atoms with E-state index in [2.05, 4.69) is 57.9 Å². The van der Waals surface area contributed by atoms with Gasteiger partial charge in [-0.2, -0.15) is 4.98 Å². The highest BCUT2D eigenvalue weighted by Gasteiger charge is 2.43. The Labute approximate surface area is 243 Å². The van der Waals surface area contributed by atoms with Gasteiger partial charge in [0.1, 0.15) is 17.2 Å². The van der Waals surface area contributed by atoms with Crippen molar-refractivity contribution < 1.29 is 19.0 Å². The number of fused-ring (bicyclic) bond motifs is 1. The molecule has 3 atom stereocenters. The van der Waals surface area contributed by atoms with Crippen LogP contribution in [0.2, 0.25) is 0 Å². The third-order valence-electron chi connectivity index (χ3n) is 7.42. The fraction of sp³-hybridized carbons (Fsp3) is 0.212. The number of hydrogen-bond acceptors (Lipinski definition) is 8. The summed E-state index contributed by atoms with van der Waals surface area (Å²) in [7, 11) is 0. The van der Waals surface area contributed by atoms with E-state index >= 15 is 0 Å². The summed E-state index contributed by atoms with van der Waals surface area (Å²) in [6, 6.07) is 30.4. The number of carbonyl (C=O) groups excluding carboxylic acids is 1. The van der Waals surface area contributed by atoms with Crippen molar-refractivity contribution in [2.24, 2.45) is 0 Å². The molecular weight excluding hydrogens is 530 g/mol. The summed E-state index contributed by atoms with van der Waals surface area (Å²) >= 11 is 0. The number of esters is 1. The van der Waals surface area contributed by atoms with Gasteiger partial charge in [0.05, 0.1) is 24.7 Å². The summed E-state index contributed by atoms with van der Waals surface area (Å²) in [4.78, 5) is 25.2. The summed E-state index contributed by atoms with van der Waals surface area (Å²) in [6.07, 6.45) is 1.87. The number of imidazole rings is 1. The molecule has 212 valence electrons. The van der Waals surface area contributed by atoms with Gasteiger partial charge in [0.25, 0.3) is 0 Å². The topological polar surface area (TPSA) is 114 Å². The molecule has 42 heavy (non-hydrogen) atoms. The number of hydrogen-bond donors (Lipinski definition) is 1. The van der Waals surface area contributed by atoms with Crippen LogP contribution in [0.1, 0.15) is 42.0 Å². The number of anilines is 1. The highest BCUT2D eigenvalue weighted by atomic mass is 16.6. The molecule has 0 saturated carbocycles. The zero-order chi connectivity index (χ0) is 29.1. The molecule has 9 heteroatoms. The summed E-state index contributed by atoms with van der Waals surface area (Å²) in [5.74, 6) is -0.327. The van der Waals surface area contributed by atoms with E-state index in [9.17, 15) is 4.79 Å². The van der Waals surface area contributed by atoms with Gasteiger partial charge in [0.15, 0.2) is 11.9 Å². The van der Waals surface area contributed by atoms with E-state index in [1.54, 1.807) is 17.0 Å². The van der Waals surface area contributed by atoms with Crippen molar-refractivity contribution in [1.29, 1.82) is 0 Å². The third kappa shape index (κ3) is 5.04. The van der Waals surface area contributed by atoms with Crippen molar-refractivity contribution in [3.05, 3.63) is 126 Å². The number of benzene rings is 3. The van der Waals surface area contributed by atoms with Crippen LogP contribution in [0.4, 0.5) is 5.95 Å². The van der Waals surface area contributed by atoms with Crippen molar-refractivity contribution in [2.45, 2.75) is 37.4 Å². The van der Waals surface area contributed by atoms with Crippen molar-refractivity contribution in [3.8, 4) is 0 Å². The zero-order valence-electron chi connectivity index (χ0n) is 23.2. The maximum absolute atomic E-state index is 12.1. The minimum Gasteiger partial charge on any atom is -0.458 e. The smallest absolute Gasteiger partial charge is 0.303 e. The van der Waals surface area contributed by atoms with Crippen LogP contribution in [-0.4, -0.2) is 44.3 Å². The van der Waals surface area contributed by atoms with Crippen molar-refractivity contribution >= 4 is 29.2 Å². The summed E-state index contributed by atoms with van der Waals surface area (Å²) in [6.45, 7) is 5.41. The van der Waals surface area contributed by atoms with E-state index in [1.165, 1.54) is 6.92 Å². The first-order chi connectivity index (χ1) is 20.5. The maximum atomic E-state index is 12.1. The molecule has 0 spiro atoms. The molecule has 5 aromatic rings. The predicted octanol–water partition coefficient (Wildman–Crippen LogP) is 5.28. The molecule has 1 fully saturated rings. The van der Waals surface area contributed by atoms with Crippen molar-refractivity contribution in [1.82, 2.24) is 19.5 Å². The molecule has 3 heterocycles. The Morgan fingerprint density at radius 2 is 1.57 bits per heavy atom. The van der Waals surface area contributed by atoms with Crippen LogP contribution in [0, 0.1) is 0 Å². The quantitative estimate of drug-likeness (QED) is 0.191. The van der Waals surface area contributed by atoms with Crippen LogP contribution in [0.15, 0.2) is 104 Å². The Bertz CT molecular complexity index is 1600. The van der Waals surface area contributed by atoms with Gasteiger partial charge in [-0.1, -0.05) is 97.6 Å². The molecule has 3 aromatic carbocycles.